The van der Waals surface area contributed by atoms with Crippen molar-refractivity contribution in [1.29, 1.82) is 5.26 Å². The van der Waals surface area contributed by atoms with Gasteiger partial charge in [-0.25, -0.2) is 0 Å². The van der Waals surface area contributed by atoms with Crippen molar-refractivity contribution in [2.75, 3.05) is 33.2 Å². The highest BCUT2D eigenvalue weighted by atomic mass is 32.2. The van der Waals surface area contributed by atoms with Gasteiger partial charge in [0.15, 0.2) is 23.0 Å². The molecule has 2 fully saturated rings. The summed E-state index contributed by atoms with van der Waals surface area (Å²) in [6, 6.07) is 2.10. The largest absolute Gasteiger partial charge is 0.504 e. The van der Waals surface area contributed by atoms with Crippen LogP contribution in [0.1, 0.15) is 57.6 Å². The van der Waals surface area contributed by atoms with E-state index in [9.17, 15) is 24.8 Å². The number of likely N-dealkylation sites (N-methyl/N-ethyl adjacent to an activating group) is 1. The monoisotopic (exact) mass is 620 g/mol. The van der Waals surface area contributed by atoms with Gasteiger partial charge in [-0.2, -0.15) is 5.26 Å². The van der Waals surface area contributed by atoms with E-state index in [4.69, 9.17) is 18.9 Å². The number of esters is 1. The number of ketones is 1. The summed E-state index contributed by atoms with van der Waals surface area (Å²) in [5.74, 6) is -0.292. The number of phenols is 1. The van der Waals surface area contributed by atoms with E-state index in [1.807, 2.05) is 20.0 Å². The van der Waals surface area contributed by atoms with Gasteiger partial charge in [-0.1, -0.05) is 6.07 Å². The molecule has 2 aromatic carbocycles. The number of aryl methyl sites for hydroxylation is 1. The molecule has 13 heteroatoms. The summed E-state index contributed by atoms with van der Waals surface area (Å²) in [7, 11) is 3.47. The fourth-order valence-electron chi connectivity index (χ4n) is 7.99. The first-order valence-electron chi connectivity index (χ1n) is 14.4. The molecule has 7 rings (SSSR count). The minimum absolute atomic E-state index is 0.00122. The molecule has 6 atom stereocenters. The maximum Gasteiger partial charge on any atom is 0.308 e. The molecular formula is C31H32N4O8S. The molecule has 5 heterocycles. The number of nitrogens with zero attached hydrogens (tertiary/aromatic N) is 3. The van der Waals surface area contributed by atoms with Gasteiger partial charge in [0.05, 0.1) is 36.3 Å². The standard InChI is InChI=1S/C31H32N4O8S/c1-12-6-15-7-16-17(8-32)35-18-9-33-31(39)19(37)10-44-30(24(35)23(34(16)4)20(15)25(38)26(12)40-5)22-21(18)29-28(41-11-42-29)13(2)27(22)43-14(3)36/h6,16-18,23-24,30,38H,7,9-11H2,1-5H3,(H,33,39)/t16-,17-,18-,23+,24?,30+/m0/s1. The van der Waals surface area contributed by atoms with Gasteiger partial charge < -0.3 is 29.4 Å². The van der Waals surface area contributed by atoms with Gasteiger partial charge in [-0.05, 0) is 38.4 Å². The molecule has 2 aromatic rings. The van der Waals surface area contributed by atoms with Gasteiger partial charge in [0.2, 0.25) is 12.6 Å². The summed E-state index contributed by atoms with van der Waals surface area (Å²) in [5.41, 5.74) is 4.33. The second-order valence-corrected chi connectivity index (χ2v) is 13.0. The molecule has 12 nitrogen and oxygen atoms in total. The zero-order chi connectivity index (χ0) is 31.2. The molecule has 0 aliphatic carbocycles. The van der Waals surface area contributed by atoms with E-state index in [1.54, 1.807) is 6.92 Å². The van der Waals surface area contributed by atoms with Crippen molar-refractivity contribution < 1.29 is 38.4 Å². The van der Waals surface area contributed by atoms with Gasteiger partial charge in [0, 0.05) is 47.8 Å². The van der Waals surface area contributed by atoms with E-state index in [-0.39, 0.29) is 30.9 Å². The van der Waals surface area contributed by atoms with Gasteiger partial charge in [-0.15, -0.1) is 11.8 Å². The van der Waals surface area contributed by atoms with Crippen LogP contribution in [0.5, 0.6) is 28.7 Å². The fourth-order valence-corrected chi connectivity index (χ4v) is 9.34. The van der Waals surface area contributed by atoms with Crippen LogP contribution in [0.3, 0.4) is 0 Å². The number of benzene rings is 2. The third-order valence-electron chi connectivity index (χ3n) is 9.65. The number of methoxy groups -OCH3 is 1. The maximum atomic E-state index is 13.0. The number of rotatable bonds is 2. The number of nitrogens with one attached hydrogen (secondary N) is 1. The van der Waals surface area contributed by atoms with Gasteiger partial charge in [0.1, 0.15) is 11.8 Å². The van der Waals surface area contributed by atoms with Crippen LogP contribution in [0.2, 0.25) is 0 Å². The lowest BCUT2D eigenvalue weighted by Gasteiger charge is -2.61. The average molecular weight is 621 g/mol. The van der Waals surface area contributed by atoms with Crippen LogP contribution in [0.4, 0.5) is 0 Å². The molecule has 5 aliphatic heterocycles. The van der Waals surface area contributed by atoms with Crippen LogP contribution in [0.25, 0.3) is 0 Å². The van der Waals surface area contributed by atoms with Crippen molar-refractivity contribution >= 4 is 29.4 Å². The summed E-state index contributed by atoms with van der Waals surface area (Å²) in [6.07, 6.45) is 0.509. The Labute approximate surface area is 258 Å². The number of carbonyl (C=O) groups excluding carboxylic acids is 3. The lowest BCUT2D eigenvalue weighted by atomic mass is 9.71. The van der Waals surface area contributed by atoms with Crippen molar-refractivity contribution in [3.05, 3.63) is 39.4 Å². The molecule has 230 valence electrons. The smallest absolute Gasteiger partial charge is 0.308 e. The summed E-state index contributed by atoms with van der Waals surface area (Å²) in [5, 5.41) is 24.7. The Kier molecular flexibility index (Phi) is 6.73. The zero-order valence-electron chi connectivity index (χ0n) is 24.9. The summed E-state index contributed by atoms with van der Waals surface area (Å²) in [4.78, 5) is 42.6. The Balaban J connectivity index is 1.57. The van der Waals surface area contributed by atoms with Gasteiger partial charge in [0.25, 0.3) is 5.91 Å². The normalized spacial score (nSPS) is 28.7. The lowest BCUT2D eigenvalue weighted by Crippen LogP contribution is -2.69. The molecule has 2 N–H and O–H groups in total. The first-order valence-corrected chi connectivity index (χ1v) is 15.5. The number of hydrogen-bond donors (Lipinski definition) is 2. The molecule has 2 saturated heterocycles. The predicted octanol–water partition coefficient (Wildman–Crippen LogP) is 2.37. The van der Waals surface area contributed by atoms with Crippen molar-refractivity contribution in [1.82, 2.24) is 15.1 Å². The molecule has 0 radical (unpaired) electrons. The second kappa shape index (κ2) is 10.3. The second-order valence-electron chi connectivity index (χ2n) is 11.9. The number of thioether (sulfide) groups is 1. The molecule has 0 saturated carbocycles. The lowest BCUT2D eigenvalue weighted by molar-refractivity contribution is -0.137. The number of piperazine rings is 1. The summed E-state index contributed by atoms with van der Waals surface area (Å²) in [6.45, 7) is 4.96. The highest BCUT2D eigenvalue weighted by Gasteiger charge is 2.60. The minimum atomic E-state index is -0.699. The topological polar surface area (TPSA) is 151 Å². The molecule has 1 amide bonds. The maximum absolute atomic E-state index is 13.0. The Hall–Kier alpha value is -3.99. The fraction of sp³-hybridized carbons (Fsp3) is 0.484. The van der Waals surface area contributed by atoms with Crippen LogP contribution in [-0.2, 0) is 20.8 Å². The number of aromatic hydroxyl groups is 1. The van der Waals surface area contributed by atoms with E-state index in [1.165, 1.54) is 25.8 Å². The number of amides is 1. The van der Waals surface area contributed by atoms with Gasteiger partial charge in [-0.3, -0.25) is 24.2 Å². The molecule has 1 unspecified atom stereocenters. The van der Waals surface area contributed by atoms with Crippen molar-refractivity contribution in [3.63, 3.8) is 0 Å². The van der Waals surface area contributed by atoms with E-state index in [0.717, 1.165) is 11.1 Å². The number of nitriles is 1. The molecular weight excluding hydrogens is 588 g/mol. The van der Waals surface area contributed by atoms with Crippen LogP contribution in [-0.4, -0.2) is 83.9 Å². The number of phenolic OH excluding ortho intramolecular Hbond substituents is 1. The number of fused-ring (bicyclic) bond motifs is 9. The summed E-state index contributed by atoms with van der Waals surface area (Å²) >= 11 is 1.26. The Bertz CT molecular complexity index is 1690. The zero-order valence-corrected chi connectivity index (χ0v) is 25.7. The van der Waals surface area contributed by atoms with Crippen LogP contribution in [0.15, 0.2) is 6.07 Å². The highest BCUT2D eigenvalue weighted by molar-refractivity contribution is 8.00. The summed E-state index contributed by atoms with van der Waals surface area (Å²) < 4.78 is 23.5. The van der Waals surface area contributed by atoms with Crippen LogP contribution >= 0.6 is 11.8 Å². The molecule has 5 aliphatic rings. The number of carbonyl (C=O) groups is 3. The molecule has 0 aromatic heterocycles. The van der Waals surface area contributed by atoms with Crippen molar-refractivity contribution in [2.24, 2.45) is 0 Å². The molecule has 0 spiro atoms. The van der Waals surface area contributed by atoms with Crippen molar-refractivity contribution in [3.8, 4) is 34.8 Å². The SMILES string of the molecule is COc1c(C)cc2c(c1O)[C@@H]1C3[C@@H]4SCC(=O)C(=O)NC[C@@H](c5c6c(c(C)c(OC(C)=O)c54)OCO6)N3[C@@H](C#N)[C@H](C2)N1C. The van der Waals surface area contributed by atoms with Crippen LogP contribution in [0, 0.1) is 25.2 Å². The number of Topliss-reactive ketones (excluding diaryl/α,β-unsaturated/α-hetero) is 1. The van der Waals surface area contributed by atoms with Crippen LogP contribution < -0.4 is 24.3 Å². The van der Waals surface area contributed by atoms with E-state index in [0.29, 0.717) is 51.7 Å². The Morgan fingerprint density at radius 1 is 1.18 bits per heavy atom. The van der Waals surface area contributed by atoms with E-state index >= 15 is 0 Å². The Morgan fingerprint density at radius 2 is 1.93 bits per heavy atom. The molecule has 44 heavy (non-hydrogen) atoms. The third-order valence-corrected chi connectivity index (χ3v) is 11.0. The Morgan fingerprint density at radius 3 is 2.64 bits per heavy atom. The van der Waals surface area contributed by atoms with Crippen molar-refractivity contribution in [2.45, 2.75) is 62.7 Å². The number of hydrogen-bond acceptors (Lipinski definition) is 12. The van der Waals surface area contributed by atoms with Gasteiger partial charge >= 0.3 is 5.97 Å². The number of ether oxygens (including phenoxy) is 4. The predicted molar refractivity (Wildman–Crippen MR) is 157 cm³/mol. The third kappa shape index (κ3) is 3.87. The molecule has 4 bridgehead atoms. The first-order chi connectivity index (χ1) is 21.1. The van der Waals surface area contributed by atoms with E-state index < -0.39 is 47.1 Å². The minimum Gasteiger partial charge on any atom is -0.504 e. The van der Waals surface area contributed by atoms with E-state index in [2.05, 4.69) is 21.2 Å². The average Bonchev–Trinajstić information content (AvgIpc) is 3.47. The highest BCUT2D eigenvalue weighted by Crippen LogP contribution is 2.63. The quantitative estimate of drug-likeness (QED) is 0.288. The first kappa shape index (κ1) is 28.8.